The topological polar surface area (TPSA) is 84.9 Å². The van der Waals surface area contributed by atoms with Crippen LogP contribution in [0.15, 0.2) is 60.7 Å². The van der Waals surface area contributed by atoms with Gasteiger partial charge in [-0.25, -0.2) is 4.79 Å². The zero-order valence-corrected chi connectivity index (χ0v) is 14.8. The SMILES string of the molecule is CCOC(C)O[C@H](C(=O)O)C(NC(=O)c1ccccc1)c1ccccc1. The minimum absolute atomic E-state index is 0.377. The van der Waals surface area contributed by atoms with Crippen molar-refractivity contribution in [3.8, 4) is 0 Å². The summed E-state index contributed by atoms with van der Waals surface area (Å²) in [6.45, 7) is 3.81. The third-order valence-corrected chi connectivity index (χ3v) is 3.77. The van der Waals surface area contributed by atoms with Crippen molar-refractivity contribution in [1.82, 2.24) is 5.32 Å². The van der Waals surface area contributed by atoms with Gasteiger partial charge in [0.05, 0.1) is 6.04 Å². The maximum atomic E-state index is 12.6. The van der Waals surface area contributed by atoms with Crippen molar-refractivity contribution in [1.29, 1.82) is 0 Å². The third-order valence-electron chi connectivity index (χ3n) is 3.77. The molecule has 0 fully saturated rings. The molecule has 0 aliphatic heterocycles. The van der Waals surface area contributed by atoms with E-state index in [9.17, 15) is 14.7 Å². The first-order valence-electron chi connectivity index (χ1n) is 8.43. The molecule has 0 aliphatic carbocycles. The number of carbonyl (C=O) groups excluding carboxylic acids is 1. The molecule has 2 aromatic carbocycles. The van der Waals surface area contributed by atoms with Gasteiger partial charge in [0.2, 0.25) is 0 Å². The molecule has 0 saturated heterocycles. The van der Waals surface area contributed by atoms with E-state index >= 15 is 0 Å². The highest BCUT2D eigenvalue weighted by Crippen LogP contribution is 2.22. The molecule has 0 spiro atoms. The highest BCUT2D eigenvalue weighted by atomic mass is 16.7. The Morgan fingerprint density at radius 2 is 1.62 bits per heavy atom. The fourth-order valence-corrected chi connectivity index (χ4v) is 2.57. The lowest BCUT2D eigenvalue weighted by Gasteiger charge is -2.28. The van der Waals surface area contributed by atoms with Crippen molar-refractivity contribution in [2.45, 2.75) is 32.3 Å². The quantitative estimate of drug-likeness (QED) is 0.674. The van der Waals surface area contributed by atoms with E-state index < -0.39 is 24.4 Å². The van der Waals surface area contributed by atoms with Crippen molar-refractivity contribution in [3.63, 3.8) is 0 Å². The zero-order chi connectivity index (χ0) is 18.9. The van der Waals surface area contributed by atoms with Gasteiger partial charge in [-0.3, -0.25) is 4.79 Å². The monoisotopic (exact) mass is 357 g/mol. The smallest absolute Gasteiger partial charge is 0.335 e. The number of nitrogens with one attached hydrogen (secondary N) is 1. The van der Waals surface area contributed by atoms with E-state index in [1.54, 1.807) is 68.4 Å². The van der Waals surface area contributed by atoms with Gasteiger partial charge in [-0.15, -0.1) is 0 Å². The number of benzene rings is 2. The van der Waals surface area contributed by atoms with Crippen molar-refractivity contribution in [2.24, 2.45) is 0 Å². The molecule has 0 aromatic heterocycles. The predicted octanol–water partition coefficient (Wildman–Crippen LogP) is 3.01. The first-order valence-corrected chi connectivity index (χ1v) is 8.43. The number of aliphatic carboxylic acids is 1. The van der Waals surface area contributed by atoms with Gasteiger partial charge in [0.25, 0.3) is 5.91 Å². The van der Waals surface area contributed by atoms with Crippen LogP contribution < -0.4 is 5.32 Å². The van der Waals surface area contributed by atoms with E-state index in [0.717, 1.165) is 0 Å². The number of carbonyl (C=O) groups is 2. The van der Waals surface area contributed by atoms with Crippen LogP contribution in [0, 0.1) is 0 Å². The molecule has 2 aromatic rings. The fraction of sp³-hybridized carbons (Fsp3) is 0.300. The molecule has 2 unspecified atom stereocenters. The highest BCUT2D eigenvalue weighted by molar-refractivity contribution is 5.94. The van der Waals surface area contributed by atoms with Gasteiger partial charge in [0.1, 0.15) is 0 Å². The number of ether oxygens (including phenoxy) is 2. The van der Waals surface area contributed by atoms with Crippen LogP contribution in [0.4, 0.5) is 0 Å². The van der Waals surface area contributed by atoms with Gasteiger partial charge in [0.15, 0.2) is 12.4 Å². The van der Waals surface area contributed by atoms with E-state index in [2.05, 4.69) is 5.32 Å². The minimum Gasteiger partial charge on any atom is -0.479 e. The Morgan fingerprint density at radius 1 is 1.04 bits per heavy atom. The molecule has 0 heterocycles. The van der Waals surface area contributed by atoms with Crippen molar-refractivity contribution in [3.05, 3.63) is 71.8 Å². The molecule has 6 heteroatoms. The second-order valence-electron chi connectivity index (χ2n) is 5.65. The van der Waals surface area contributed by atoms with Crippen LogP contribution in [-0.2, 0) is 14.3 Å². The second-order valence-corrected chi connectivity index (χ2v) is 5.65. The van der Waals surface area contributed by atoms with Gasteiger partial charge >= 0.3 is 5.97 Å². The standard InChI is InChI=1S/C20H23NO5/c1-3-25-14(2)26-18(20(23)24)17(15-10-6-4-7-11-15)21-19(22)16-12-8-5-9-13-16/h4-14,17-18H,3H2,1-2H3,(H,21,22)(H,23,24)/t14?,17?,18-/m0/s1. The summed E-state index contributed by atoms with van der Waals surface area (Å²) in [5, 5.41) is 12.5. The van der Waals surface area contributed by atoms with Crippen molar-refractivity contribution >= 4 is 11.9 Å². The maximum absolute atomic E-state index is 12.6. The van der Waals surface area contributed by atoms with E-state index in [1.165, 1.54) is 0 Å². The number of amides is 1. The van der Waals surface area contributed by atoms with Crippen molar-refractivity contribution in [2.75, 3.05) is 6.61 Å². The number of carboxylic acid groups (broad SMARTS) is 1. The second kappa shape index (κ2) is 9.70. The molecule has 0 radical (unpaired) electrons. The van der Waals surface area contributed by atoms with Gasteiger partial charge in [-0.05, 0) is 31.5 Å². The summed E-state index contributed by atoms with van der Waals surface area (Å²) >= 11 is 0. The largest absolute Gasteiger partial charge is 0.479 e. The summed E-state index contributed by atoms with van der Waals surface area (Å²) in [7, 11) is 0. The normalized spacial score (nSPS) is 14.2. The van der Waals surface area contributed by atoms with Gasteiger partial charge < -0.3 is 19.9 Å². The molecule has 6 nitrogen and oxygen atoms in total. The van der Waals surface area contributed by atoms with Crippen LogP contribution in [0.2, 0.25) is 0 Å². The molecule has 2 N–H and O–H groups in total. The summed E-state index contributed by atoms with van der Waals surface area (Å²) in [5.74, 6) is -1.56. The lowest BCUT2D eigenvalue weighted by Crippen LogP contribution is -2.43. The first kappa shape index (κ1) is 19.6. The lowest BCUT2D eigenvalue weighted by atomic mass is 10.0. The number of rotatable bonds is 9. The van der Waals surface area contributed by atoms with Gasteiger partial charge in [-0.2, -0.15) is 0 Å². The minimum atomic E-state index is -1.30. The number of carboxylic acids is 1. The van der Waals surface area contributed by atoms with Crippen LogP contribution in [0.25, 0.3) is 0 Å². The Balaban J connectivity index is 2.30. The Bertz CT molecular complexity index is 705. The summed E-state index contributed by atoms with van der Waals surface area (Å²) in [6.07, 6.45) is -2.02. The Hall–Kier alpha value is -2.70. The Morgan fingerprint density at radius 3 is 2.15 bits per heavy atom. The van der Waals surface area contributed by atoms with E-state index in [4.69, 9.17) is 9.47 Å². The van der Waals surface area contributed by atoms with Gasteiger partial charge in [-0.1, -0.05) is 48.5 Å². The lowest BCUT2D eigenvalue weighted by molar-refractivity contribution is -0.187. The molecule has 0 bridgehead atoms. The Kier molecular flexibility index (Phi) is 7.32. The summed E-state index contributed by atoms with van der Waals surface area (Å²) in [5.41, 5.74) is 1.07. The van der Waals surface area contributed by atoms with Crippen LogP contribution >= 0.6 is 0 Å². The van der Waals surface area contributed by atoms with Crippen LogP contribution in [0.1, 0.15) is 35.8 Å². The predicted molar refractivity (Wildman–Crippen MR) is 96.7 cm³/mol. The summed E-state index contributed by atoms with van der Waals surface area (Å²) in [6, 6.07) is 16.6. The number of hydrogen-bond donors (Lipinski definition) is 2. The summed E-state index contributed by atoms with van der Waals surface area (Å²) in [4.78, 5) is 24.4. The highest BCUT2D eigenvalue weighted by Gasteiger charge is 2.33. The molecular formula is C20H23NO5. The van der Waals surface area contributed by atoms with E-state index in [-0.39, 0.29) is 5.91 Å². The number of hydrogen-bond acceptors (Lipinski definition) is 4. The molecule has 1 amide bonds. The molecule has 138 valence electrons. The average molecular weight is 357 g/mol. The molecule has 0 aliphatic rings. The van der Waals surface area contributed by atoms with E-state index in [1.807, 2.05) is 6.07 Å². The molecular weight excluding hydrogens is 334 g/mol. The average Bonchev–Trinajstić information content (AvgIpc) is 2.66. The van der Waals surface area contributed by atoms with Crippen LogP contribution in [0.5, 0.6) is 0 Å². The third kappa shape index (κ3) is 5.40. The Labute approximate surface area is 152 Å². The zero-order valence-electron chi connectivity index (χ0n) is 14.8. The maximum Gasteiger partial charge on any atom is 0.335 e. The fourth-order valence-electron chi connectivity index (χ4n) is 2.57. The molecule has 3 atom stereocenters. The van der Waals surface area contributed by atoms with Crippen molar-refractivity contribution < 1.29 is 24.2 Å². The van der Waals surface area contributed by atoms with Gasteiger partial charge in [0, 0.05) is 12.2 Å². The first-order chi connectivity index (χ1) is 12.5. The molecule has 2 rings (SSSR count). The van der Waals surface area contributed by atoms with E-state index in [0.29, 0.717) is 17.7 Å². The van der Waals surface area contributed by atoms with Crippen LogP contribution in [-0.4, -0.2) is 36.0 Å². The summed E-state index contributed by atoms with van der Waals surface area (Å²) < 4.78 is 10.9. The molecule has 0 saturated carbocycles. The van der Waals surface area contributed by atoms with Crippen LogP contribution in [0.3, 0.4) is 0 Å². The molecule has 26 heavy (non-hydrogen) atoms.